The number of carbonyl (C=O) groups excluding carboxylic acids is 2. The van der Waals surface area contributed by atoms with Crippen molar-refractivity contribution in [3.8, 4) is 0 Å². The highest BCUT2D eigenvalue weighted by molar-refractivity contribution is 6.05. The molecule has 3 aromatic rings. The lowest BCUT2D eigenvalue weighted by Gasteiger charge is -2.28. The van der Waals surface area contributed by atoms with Crippen molar-refractivity contribution in [3.63, 3.8) is 0 Å². The van der Waals surface area contributed by atoms with E-state index in [-0.39, 0.29) is 23.9 Å². The molecule has 1 fully saturated rings. The summed E-state index contributed by atoms with van der Waals surface area (Å²) in [4.78, 5) is 26.6. The number of benzene rings is 3. The summed E-state index contributed by atoms with van der Waals surface area (Å²) in [7, 11) is 2.01. The van der Waals surface area contributed by atoms with Gasteiger partial charge in [-0.1, -0.05) is 30.3 Å². The molecule has 1 saturated heterocycles. The number of carbonyl (C=O) groups is 2. The molecule has 3 aromatic carbocycles. The first-order chi connectivity index (χ1) is 17.7. The molecule has 3 atom stereocenters. The third kappa shape index (κ3) is 6.24. The lowest BCUT2D eigenvalue weighted by molar-refractivity contribution is 0.102. The number of rotatable bonds is 8. The molecule has 6 N–H and O–H groups in total. The Hall–Kier alpha value is -3.98. The van der Waals surface area contributed by atoms with Crippen molar-refractivity contribution in [1.29, 1.82) is 0 Å². The quantitative estimate of drug-likeness (QED) is 0.329. The van der Waals surface area contributed by atoms with Crippen molar-refractivity contribution < 1.29 is 18.4 Å². The molecule has 4 rings (SSSR count). The molecule has 0 spiro atoms. The summed E-state index contributed by atoms with van der Waals surface area (Å²) in [6.45, 7) is 0.831. The summed E-state index contributed by atoms with van der Waals surface area (Å²) >= 11 is 0. The number of likely N-dealkylation sites (N-methyl/N-ethyl adjacent to an activating group) is 1. The number of hydrogen-bond acceptors (Lipinski definition) is 4. The molecule has 7 nitrogen and oxygen atoms in total. The second kappa shape index (κ2) is 11.4. The molecule has 194 valence electrons. The number of nitrogens with zero attached hydrogens (tertiary/aromatic N) is 1. The van der Waals surface area contributed by atoms with Crippen molar-refractivity contribution in [2.45, 2.75) is 37.3 Å². The first kappa shape index (κ1) is 26.1. The van der Waals surface area contributed by atoms with E-state index in [4.69, 9.17) is 11.5 Å². The molecule has 0 radical (unpaired) electrons. The lowest BCUT2D eigenvalue weighted by Crippen LogP contribution is -2.35. The third-order valence-corrected chi connectivity index (χ3v) is 7.05. The fraction of sp³-hybridized carbons (Fsp3) is 0.286. The van der Waals surface area contributed by atoms with Crippen molar-refractivity contribution in [1.82, 2.24) is 10.2 Å². The molecule has 1 aliphatic heterocycles. The number of likely N-dealkylation sites (tertiary alicyclic amines) is 1. The molecular formula is C28H31F2N5O2. The summed E-state index contributed by atoms with van der Waals surface area (Å²) in [5.41, 5.74) is 14.4. The van der Waals surface area contributed by atoms with Gasteiger partial charge in [-0.25, -0.2) is 13.6 Å². The molecule has 0 aromatic heterocycles. The van der Waals surface area contributed by atoms with Gasteiger partial charge in [-0.15, -0.1) is 0 Å². The van der Waals surface area contributed by atoms with Crippen LogP contribution in [0.3, 0.4) is 0 Å². The van der Waals surface area contributed by atoms with Crippen LogP contribution in [0, 0.1) is 11.6 Å². The Morgan fingerprint density at radius 2 is 1.78 bits per heavy atom. The van der Waals surface area contributed by atoms with Crippen molar-refractivity contribution in [3.05, 3.63) is 95.1 Å². The molecule has 9 heteroatoms. The Morgan fingerprint density at radius 1 is 1.05 bits per heavy atom. The molecule has 0 saturated carbocycles. The number of amides is 3. The first-order valence-corrected chi connectivity index (χ1v) is 12.2. The minimum absolute atomic E-state index is 0.0471. The van der Waals surface area contributed by atoms with Crippen LogP contribution in [0.2, 0.25) is 0 Å². The zero-order valence-corrected chi connectivity index (χ0v) is 20.6. The van der Waals surface area contributed by atoms with Crippen LogP contribution in [-0.4, -0.2) is 36.5 Å². The van der Waals surface area contributed by atoms with Gasteiger partial charge in [0.1, 0.15) is 0 Å². The fourth-order valence-electron chi connectivity index (χ4n) is 5.06. The van der Waals surface area contributed by atoms with Gasteiger partial charge in [0.2, 0.25) is 0 Å². The molecule has 3 amide bonds. The van der Waals surface area contributed by atoms with Crippen LogP contribution in [-0.2, 0) is 0 Å². The standard InChI is InChI=1S/C28H31F2N5O2/c1-35-15-14-20(19-10-11-21(29)22(30)16-19)26(35)13-12-24(34-28(32)37)17-6-8-18(9-7-17)27(36)33-25-5-3-2-4-23(25)31/h2-11,16,20,24,26H,12-15,31H2,1H3,(H,33,36)(H3,32,34,37). The van der Waals surface area contributed by atoms with E-state index >= 15 is 0 Å². The van der Waals surface area contributed by atoms with Gasteiger partial charge in [-0.2, -0.15) is 0 Å². The zero-order chi connectivity index (χ0) is 26.5. The van der Waals surface area contributed by atoms with Gasteiger partial charge in [0.25, 0.3) is 5.91 Å². The van der Waals surface area contributed by atoms with Crippen LogP contribution in [0.25, 0.3) is 0 Å². The summed E-state index contributed by atoms with van der Waals surface area (Å²) in [6, 6.07) is 17.1. The Balaban J connectivity index is 1.46. The van der Waals surface area contributed by atoms with Crippen molar-refractivity contribution in [2.75, 3.05) is 24.6 Å². The number of anilines is 2. The summed E-state index contributed by atoms with van der Waals surface area (Å²) in [5, 5.41) is 5.59. The normalized spacial score (nSPS) is 18.4. The second-order valence-electron chi connectivity index (χ2n) is 9.42. The number of hydrogen-bond donors (Lipinski definition) is 4. The predicted octanol–water partition coefficient (Wildman–Crippen LogP) is 4.78. The molecule has 3 unspecified atom stereocenters. The van der Waals surface area contributed by atoms with Gasteiger partial charge in [-0.3, -0.25) is 4.79 Å². The van der Waals surface area contributed by atoms with Crippen LogP contribution in [0.1, 0.15) is 52.7 Å². The average Bonchev–Trinajstić information content (AvgIpc) is 3.24. The number of urea groups is 1. The number of primary amides is 1. The van der Waals surface area contributed by atoms with E-state index in [1.807, 2.05) is 7.05 Å². The van der Waals surface area contributed by atoms with E-state index < -0.39 is 17.7 Å². The summed E-state index contributed by atoms with van der Waals surface area (Å²) < 4.78 is 27.3. The first-order valence-electron chi connectivity index (χ1n) is 12.2. The smallest absolute Gasteiger partial charge is 0.312 e. The van der Waals surface area contributed by atoms with Gasteiger partial charge < -0.3 is 27.0 Å². The minimum atomic E-state index is -0.860. The van der Waals surface area contributed by atoms with Crippen LogP contribution in [0.5, 0.6) is 0 Å². The van der Waals surface area contributed by atoms with Crippen LogP contribution < -0.4 is 22.1 Å². The van der Waals surface area contributed by atoms with Gasteiger partial charge in [0.05, 0.1) is 17.4 Å². The molecular weight excluding hydrogens is 476 g/mol. The lowest BCUT2D eigenvalue weighted by atomic mass is 9.87. The summed E-state index contributed by atoms with van der Waals surface area (Å²) in [5.74, 6) is -1.96. The van der Waals surface area contributed by atoms with Gasteiger partial charge in [0.15, 0.2) is 11.6 Å². The molecule has 1 aliphatic rings. The van der Waals surface area contributed by atoms with Gasteiger partial charge in [-0.05, 0) is 80.4 Å². The molecule has 0 aliphatic carbocycles. The SMILES string of the molecule is CN1CCC(c2ccc(F)c(F)c2)C1CCC(NC(N)=O)c1ccc(C(=O)Nc2ccccc2N)cc1. The number of halogens is 2. The molecule has 1 heterocycles. The van der Waals surface area contributed by atoms with E-state index in [2.05, 4.69) is 15.5 Å². The zero-order valence-electron chi connectivity index (χ0n) is 20.6. The van der Waals surface area contributed by atoms with E-state index in [1.165, 1.54) is 12.1 Å². The Morgan fingerprint density at radius 3 is 2.46 bits per heavy atom. The largest absolute Gasteiger partial charge is 0.397 e. The Kier molecular flexibility index (Phi) is 8.03. The maximum atomic E-state index is 13.9. The van der Waals surface area contributed by atoms with E-state index in [9.17, 15) is 18.4 Å². The second-order valence-corrected chi connectivity index (χ2v) is 9.42. The monoisotopic (exact) mass is 507 g/mol. The average molecular weight is 508 g/mol. The number of nitrogens with one attached hydrogen (secondary N) is 2. The molecule has 37 heavy (non-hydrogen) atoms. The maximum absolute atomic E-state index is 13.9. The number of nitrogen functional groups attached to an aromatic ring is 1. The number of para-hydroxylation sites is 2. The van der Waals surface area contributed by atoms with Crippen molar-refractivity contribution in [2.24, 2.45) is 5.73 Å². The van der Waals surface area contributed by atoms with Crippen molar-refractivity contribution >= 4 is 23.3 Å². The topological polar surface area (TPSA) is 113 Å². The van der Waals surface area contributed by atoms with E-state index in [0.717, 1.165) is 24.1 Å². The predicted molar refractivity (Wildman–Crippen MR) is 140 cm³/mol. The minimum Gasteiger partial charge on any atom is -0.397 e. The highest BCUT2D eigenvalue weighted by Gasteiger charge is 2.33. The van der Waals surface area contributed by atoms with Gasteiger partial charge >= 0.3 is 6.03 Å². The highest BCUT2D eigenvalue weighted by Crippen LogP contribution is 2.37. The fourth-order valence-corrected chi connectivity index (χ4v) is 5.06. The van der Waals surface area contributed by atoms with E-state index in [0.29, 0.717) is 29.8 Å². The van der Waals surface area contributed by atoms with Gasteiger partial charge in [0, 0.05) is 17.5 Å². The Bertz CT molecular complexity index is 1270. The van der Waals surface area contributed by atoms with Crippen LogP contribution >= 0.6 is 0 Å². The highest BCUT2D eigenvalue weighted by atomic mass is 19.2. The third-order valence-electron chi connectivity index (χ3n) is 7.05. The van der Waals surface area contributed by atoms with E-state index in [1.54, 1.807) is 54.6 Å². The summed E-state index contributed by atoms with van der Waals surface area (Å²) in [6.07, 6.45) is 2.10. The molecule has 0 bridgehead atoms. The maximum Gasteiger partial charge on any atom is 0.312 e. The number of nitrogens with two attached hydrogens (primary N) is 2. The Labute approximate surface area is 214 Å². The van der Waals surface area contributed by atoms with Crippen LogP contribution in [0.15, 0.2) is 66.7 Å². The van der Waals surface area contributed by atoms with Crippen LogP contribution in [0.4, 0.5) is 25.0 Å².